The van der Waals surface area contributed by atoms with Crippen LogP contribution in [-0.2, 0) is 28.9 Å². The molecule has 0 saturated heterocycles. The number of thioether (sulfide) groups is 1. The van der Waals surface area contributed by atoms with Crippen LogP contribution < -0.4 is 11.1 Å². The summed E-state index contributed by atoms with van der Waals surface area (Å²) in [7, 11) is 0. The first kappa shape index (κ1) is 26.4. The molecule has 0 spiro atoms. The third-order valence-electron chi connectivity index (χ3n) is 5.90. The molecule has 4 rings (SSSR count). The number of rotatable bonds is 10. The highest BCUT2D eigenvalue weighted by molar-refractivity contribution is 7.99. The van der Waals surface area contributed by atoms with E-state index in [0.717, 1.165) is 48.5 Å². The Bertz CT molecular complexity index is 1290. The molecule has 0 unspecified atom stereocenters. The number of primary amides is 1. The summed E-state index contributed by atoms with van der Waals surface area (Å²) in [5, 5.41) is 14.8. The molecule has 9 nitrogen and oxygen atoms in total. The van der Waals surface area contributed by atoms with Gasteiger partial charge in [0.15, 0.2) is 11.0 Å². The highest BCUT2D eigenvalue weighted by Crippen LogP contribution is 2.37. The molecule has 0 saturated carbocycles. The summed E-state index contributed by atoms with van der Waals surface area (Å²) >= 11 is 4.06. The Morgan fingerprint density at radius 1 is 1.22 bits per heavy atom. The van der Waals surface area contributed by atoms with Gasteiger partial charge in [0.1, 0.15) is 5.00 Å². The Hall–Kier alpha value is -2.70. The van der Waals surface area contributed by atoms with E-state index in [1.54, 1.807) is 25.2 Å². The highest BCUT2D eigenvalue weighted by atomic mass is 32.2. The number of carbonyl (C=O) groups excluding carboxylic acids is 3. The predicted octanol–water partition coefficient (Wildman–Crippen LogP) is 4.67. The molecule has 0 fully saturated rings. The summed E-state index contributed by atoms with van der Waals surface area (Å²) in [5.74, 6) is -0.678. The third kappa shape index (κ3) is 5.35. The zero-order valence-electron chi connectivity index (χ0n) is 20.5. The number of nitrogens with one attached hydrogen (secondary N) is 1. The number of hydrogen-bond donors (Lipinski definition) is 2. The number of amides is 2. The maximum Gasteiger partial charge on any atom is 0.341 e. The van der Waals surface area contributed by atoms with Gasteiger partial charge in [-0.05, 0) is 57.1 Å². The lowest BCUT2D eigenvalue weighted by molar-refractivity contribution is -0.113. The molecule has 12 heteroatoms. The van der Waals surface area contributed by atoms with Crippen LogP contribution in [0.25, 0.3) is 11.4 Å². The summed E-state index contributed by atoms with van der Waals surface area (Å²) in [6, 6.07) is 0. The minimum absolute atomic E-state index is 0.0642. The molecule has 0 bridgehead atoms. The average Bonchev–Trinajstić information content (AvgIpc) is 3.53. The summed E-state index contributed by atoms with van der Waals surface area (Å²) in [6.45, 7) is 6.32. The van der Waals surface area contributed by atoms with E-state index in [1.165, 1.54) is 35.0 Å². The Kier molecular flexibility index (Phi) is 8.47. The molecule has 3 aromatic rings. The highest BCUT2D eigenvalue weighted by Gasteiger charge is 2.26. The summed E-state index contributed by atoms with van der Waals surface area (Å²) in [4.78, 5) is 38.8. The van der Waals surface area contributed by atoms with Crippen LogP contribution in [0.1, 0.15) is 69.1 Å². The molecular formula is C24H29N5O4S3. The van der Waals surface area contributed by atoms with Gasteiger partial charge < -0.3 is 20.4 Å². The molecule has 0 radical (unpaired) electrons. The number of esters is 1. The van der Waals surface area contributed by atoms with Gasteiger partial charge in [-0.2, -0.15) is 0 Å². The number of fused-ring (bicyclic) bond motifs is 1. The van der Waals surface area contributed by atoms with Crippen LogP contribution in [0, 0.1) is 6.92 Å². The molecule has 1 aliphatic carbocycles. The Morgan fingerprint density at radius 2 is 2.00 bits per heavy atom. The van der Waals surface area contributed by atoms with Crippen molar-refractivity contribution in [1.29, 1.82) is 0 Å². The van der Waals surface area contributed by atoms with E-state index in [-0.39, 0.29) is 33.7 Å². The van der Waals surface area contributed by atoms with Gasteiger partial charge in [-0.3, -0.25) is 9.59 Å². The standard InChI is InChI=1S/C24H29N5O4S3/c1-4-10-29-21(15-11-34-16-9-7-6-8-14(15)16)27-28-24(29)35-12-17(30)26-22-18(23(32)33-5-2)13(3)19(36-22)20(25)31/h11H,4-10,12H2,1-3H3,(H2,25,31)(H,26,30). The lowest BCUT2D eigenvalue weighted by Crippen LogP contribution is -2.17. The largest absolute Gasteiger partial charge is 0.462 e. The van der Waals surface area contributed by atoms with Crippen LogP contribution in [0.5, 0.6) is 0 Å². The Labute approximate surface area is 221 Å². The van der Waals surface area contributed by atoms with Crippen LogP contribution in [0.3, 0.4) is 0 Å². The number of nitrogens with two attached hydrogens (primary N) is 1. The minimum Gasteiger partial charge on any atom is -0.462 e. The van der Waals surface area contributed by atoms with E-state index in [2.05, 4.69) is 32.4 Å². The summed E-state index contributed by atoms with van der Waals surface area (Å²) in [5.41, 5.74) is 8.55. The molecule has 3 N–H and O–H groups in total. The van der Waals surface area contributed by atoms with Crippen LogP contribution in [0.2, 0.25) is 0 Å². The van der Waals surface area contributed by atoms with Crippen molar-refractivity contribution in [1.82, 2.24) is 14.8 Å². The second kappa shape index (κ2) is 11.6. The van der Waals surface area contributed by atoms with Crippen molar-refractivity contribution in [3.63, 3.8) is 0 Å². The lowest BCUT2D eigenvalue weighted by atomic mass is 9.95. The van der Waals surface area contributed by atoms with E-state index >= 15 is 0 Å². The zero-order valence-corrected chi connectivity index (χ0v) is 23.0. The number of hydrogen-bond acceptors (Lipinski definition) is 9. The number of aryl methyl sites for hydroxylation is 1. The van der Waals surface area contributed by atoms with Gasteiger partial charge in [0.2, 0.25) is 5.91 Å². The van der Waals surface area contributed by atoms with Crippen molar-refractivity contribution in [2.75, 3.05) is 17.7 Å². The first-order valence-corrected chi connectivity index (χ1v) is 14.6. The van der Waals surface area contributed by atoms with Crippen LogP contribution in [-0.4, -0.2) is 44.9 Å². The van der Waals surface area contributed by atoms with Crippen LogP contribution >= 0.6 is 34.4 Å². The fourth-order valence-electron chi connectivity index (χ4n) is 4.28. The smallest absolute Gasteiger partial charge is 0.341 e. The summed E-state index contributed by atoms with van der Waals surface area (Å²) < 4.78 is 7.19. The Balaban J connectivity index is 1.52. The van der Waals surface area contributed by atoms with E-state index in [0.29, 0.717) is 10.7 Å². The predicted molar refractivity (Wildman–Crippen MR) is 143 cm³/mol. The van der Waals surface area contributed by atoms with Gasteiger partial charge in [-0.15, -0.1) is 32.9 Å². The number of aromatic nitrogens is 3. The molecule has 36 heavy (non-hydrogen) atoms. The summed E-state index contributed by atoms with van der Waals surface area (Å²) in [6.07, 6.45) is 5.51. The Morgan fingerprint density at radius 3 is 2.72 bits per heavy atom. The van der Waals surface area contributed by atoms with Crippen molar-refractivity contribution >= 4 is 57.2 Å². The molecule has 0 atom stereocenters. The second-order valence-corrected chi connectivity index (χ2v) is 11.3. The molecular weight excluding hydrogens is 518 g/mol. The number of carbonyl (C=O) groups is 3. The van der Waals surface area contributed by atoms with Crippen molar-refractivity contribution in [3.05, 3.63) is 31.8 Å². The average molecular weight is 548 g/mol. The van der Waals surface area contributed by atoms with Gasteiger partial charge in [0, 0.05) is 22.4 Å². The van der Waals surface area contributed by atoms with E-state index in [9.17, 15) is 14.4 Å². The van der Waals surface area contributed by atoms with Crippen molar-refractivity contribution in [2.24, 2.45) is 5.73 Å². The van der Waals surface area contributed by atoms with Gasteiger partial charge in [-0.25, -0.2) is 4.79 Å². The molecule has 192 valence electrons. The second-order valence-electron chi connectivity index (χ2n) is 8.40. The van der Waals surface area contributed by atoms with Gasteiger partial charge in [0.05, 0.1) is 22.8 Å². The fourth-order valence-corrected chi connectivity index (χ4v) is 7.23. The topological polar surface area (TPSA) is 129 Å². The normalized spacial score (nSPS) is 12.9. The molecule has 1 aliphatic rings. The quantitative estimate of drug-likeness (QED) is 0.279. The van der Waals surface area contributed by atoms with E-state index in [4.69, 9.17) is 10.5 Å². The monoisotopic (exact) mass is 547 g/mol. The van der Waals surface area contributed by atoms with Gasteiger partial charge >= 0.3 is 5.97 Å². The number of ether oxygens (including phenoxy) is 1. The van der Waals surface area contributed by atoms with E-state index in [1.807, 2.05) is 0 Å². The van der Waals surface area contributed by atoms with Crippen LogP contribution in [0.15, 0.2) is 10.5 Å². The van der Waals surface area contributed by atoms with Crippen molar-refractivity contribution in [2.45, 2.75) is 64.6 Å². The number of nitrogens with zero attached hydrogens (tertiary/aromatic N) is 3. The SMILES string of the molecule is CCCn1c(SCC(=O)Nc2sc(C(N)=O)c(C)c2C(=O)OCC)nnc1-c1csc2c1CCCC2. The molecule has 0 aromatic carbocycles. The number of anilines is 1. The van der Waals surface area contributed by atoms with Gasteiger partial charge in [-0.1, -0.05) is 18.7 Å². The fraction of sp³-hybridized carbons (Fsp3) is 0.458. The molecule has 2 amide bonds. The third-order valence-corrected chi connectivity index (χ3v) is 9.18. The molecule has 0 aliphatic heterocycles. The van der Waals surface area contributed by atoms with Crippen molar-refractivity contribution in [3.8, 4) is 11.4 Å². The number of thiophene rings is 2. The zero-order chi connectivity index (χ0) is 25.8. The van der Waals surface area contributed by atoms with E-state index < -0.39 is 11.9 Å². The van der Waals surface area contributed by atoms with Crippen molar-refractivity contribution < 1.29 is 19.1 Å². The maximum absolute atomic E-state index is 12.9. The molecule has 3 heterocycles. The van der Waals surface area contributed by atoms with Crippen LogP contribution in [0.4, 0.5) is 5.00 Å². The first-order chi connectivity index (χ1) is 17.3. The first-order valence-electron chi connectivity index (χ1n) is 11.9. The minimum atomic E-state index is -0.659. The van der Waals surface area contributed by atoms with Gasteiger partial charge in [0.25, 0.3) is 5.91 Å². The maximum atomic E-state index is 12.9. The lowest BCUT2D eigenvalue weighted by Gasteiger charge is -2.13. The molecule has 3 aromatic heterocycles.